The molecule has 0 saturated carbocycles. The van der Waals surface area contributed by atoms with Crippen LogP contribution in [0.3, 0.4) is 0 Å². The van der Waals surface area contributed by atoms with Crippen LogP contribution in [-0.2, 0) is 0 Å². The van der Waals surface area contributed by atoms with Gasteiger partial charge in [-0.3, -0.25) is 4.90 Å². The van der Waals surface area contributed by atoms with Gasteiger partial charge >= 0.3 is 6.03 Å². The molecule has 1 aromatic rings. The van der Waals surface area contributed by atoms with Crippen molar-refractivity contribution < 1.29 is 4.79 Å². The number of benzene rings is 1. The predicted octanol–water partition coefficient (Wildman–Crippen LogP) is 2.86. The van der Waals surface area contributed by atoms with Crippen molar-refractivity contribution in [1.29, 1.82) is 0 Å². The number of urea groups is 1. The second kappa shape index (κ2) is 6.75. The van der Waals surface area contributed by atoms with Crippen LogP contribution in [0.4, 0.5) is 10.5 Å². The van der Waals surface area contributed by atoms with Crippen molar-refractivity contribution in [3.8, 4) is 0 Å². The van der Waals surface area contributed by atoms with Gasteiger partial charge in [-0.1, -0.05) is 19.1 Å². The monoisotopic (exact) mass is 275 g/mol. The molecule has 1 aliphatic rings. The minimum atomic E-state index is 0.0230. The van der Waals surface area contributed by atoms with Gasteiger partial charge < -0.3 is 10.2 Å². The normalized spacial score (nSPS) is 16.2. The lowest BCUT2D eigenvalue weighted by atomic mass is 10.1. The Morgan fingerprint density at radius 1 is 1.20 bits per heavy atom. The second-order valence-corrected chi connectivity index (χ2v) is 5.51. The molecule has 0 unspecified atom stereocenters. The van der Waals surface area contributed by atoms with Gasteiger partial charge in [0.05, 0.1) is 0 Å². The molecule has 1 heterocycles. The summed E-state index contributed by atoms with van der Waals surface area (Å²) in [6, 6.07) is 6.04. The number of rotatable bonds is 3. The number of nitrogens with zero attached hydrogens (tertiary/aromatic N) is 2. The van der Waals surface area contributed by atoms with Crippen LogP contribution in [0, 0.1) is 13.8 Å². The van der Waals surface area contributed by atoms with Crippen molar-refractivity contribution in [2.45, 2.75) is 27.2 Å². The maximum atomic E-state index is 12.3. The van der Waals surface area contributed by atoms with E-state index in [9.17, 15) is 4.79 Å². The molecule has 20 heavy (non-hydrogen) atoms. The molecule has 0 aromatic heterocycles. The van der Waals surface area contributed by atoms with Crippen molar-refractivity contribution in [2.24, 2.45) is 0 Å². The molecule has 110 valence electrons. The van der Waals surface area contributed by atoms with E-state index in [2.05, 4.69) is 30.1 Å². The maximum Gasteiger partial charge on any atom is 0.321 e. The van der Waals surface area contributed by atoms with Crippen molar-refractivity contribution >= 4 is 11.7 Å². The third-order valence-electron chi connectivity index (χ3n) is 4.05. The first-order valence-corrected chi connectivity index (χ1v) is 7.46. The lowest BCUT2D eigenvalue weighted by Crippen LogP contribution is -2.50. The SMILES string of the molecule is CCCN1CCN(C(=O)Nc2cccc(C)c2C)CC1. The van der Waals surface area contributed by atoms with Crippen LogP contribution < -0.4 is 5.32 Å². The molecule has 1 N–H and O–H groups in total. The Balaban J connectivity index is 1.91. The first kappa shape index (κ1) is 14.9. The summed E-state index contributed by atoms with van der Waals surface area (Å²) in [6.45, 7) is 11.0. The highest BCUT2D eigenvalue weighted by Gasteiger charge is 2.20. The molecule has 1 aliphatic heterocycles. The first-order valence-electron chi connectivity index (χ1n) is 7.46. The van der Waals surface area contributed by atoms with Gasteiger partial charge in [0.25, 0.3) is 0 Å². The fourth-order valence-corrected chi connectivity index (χ4v) is 2.57. The number of hydrogen-bond acceptors (Lipinski definition) is 2. The van der Waals surface area contributed by atoms with Gasteiger partial charge in [0.1, 0.15) is 0 Å². The standard InChI is InChI=1S/C16H25N3O/c1-4-8-18-9-11-19(12-10-18)16(20)17-15-7-5-6-13(2)14(15)3/h5-7H,4,8-12H2,1-3H3,(H,17,20). The van der Waals surface area contributed by atoms with E-state index in [1.54, 1.807) is 0 Å². The summed E-state index contributed by atoms with van der Waals surface area (Å²) in [4.78, 5) is 16.6. The Bertz CT molecular complexity index is 465. The zero-order chi connectivity index (χ0) is 14.5. The second-order valence-electron chi connectivity index (χ2n) is 5.51. The summed E-state index contributed by atoms with van der Waals surface area (Å²) < 4.78 is 0. The van der Waals surface area contributed by atoms with E-state index in [4.69, 9.17) is 0 Å². The first-order chi connectivity index (χ1) is 9.61. The summed E-state index contributed by atoms with van der Waals surface area (Å²) in [5.41, 5.74) is 3.27. The summed E-state index contributed by atoms with van der Waals surface area (Å²) in [5, 5.41) is 3.04. The highest BCUT2D eigenvalue weighted by Crippen LogP contribution is 2.18. The lowest BCUT2D eigenvalue weighted by molar-refractivity contribution is 0.147. The third kappa shape index (κ3) is 3.51. The van der Waals surface area contributed by atoms with Crippen LogP contribution in [0.5, 0.6) is 0 Å². The molecule has 2 amide bonds. The van der Waals surface area contributed by atoms with Crippen LogP contribution >= 0.6 is 0 Å². The average molecular weight is 275 g/mol. The van der Waals surface area contributed by atoms with Crippen molar-refractivity contribution in [2.75, 3.05) is 38.0 Å². The van der Waals surface area contributed by atoms with E-state index < -0.39 is 0 Å². The number of nitrogens with one attached hydrogen (secondary N) is 1. The Labute approximate surface area is 121 Å². The molecule has 2 rings (SSSR count). The van der Waals surface area contributed by atoms with Crippen molar-refractivity contribution in [3.63, 3.8) is 0 Å². The number of anilines is 1. The van der Waals surface area contributed by atoms with E-state index in [1.165, 1.54) is 12.0 Å². The molecular weight excluding hydrogens is 250 g/mol. The number of amides is 2. The smallest absolute Gasteiger partial charge is 0.321 e. The number of aryl methyl sites for hydroxylation is 1. The molecule has 4 heteroatoms. The largest absolute Gasteiger partial charge is 0.322 e. The Morgan fingerprint density at radius 3 is 2.55 bits per heavy atom. The highest BCUT2D eigenvalue weighted by molar-refractivity contribution is 5.90. The predicted molar refractivity (Wildman–Crippen MR) is 83.2 cm³/mol. The molecule has 1 aromatic carbocycles. The van der Waals surface area contributed by atoms with E-state index >= 15 is 0 Å². The fourth-order valence-electron chi connectivity index (χ4n) is 2.57. The van der Waals surface area contributed by atoms with Crippen LogP contribution in [0.2, 0.25) is 0 Å². The molecule has 1 fully saturated rings. The molecule has 0 bridgehead atoms. The summed E-state index contributed by atoms with van der Waals surface area (Å²) >= 11 is 0. The average Bonchev–Trinajstić information content (AvgIpc) is 2.45. The van der Waals surface area contributed by atoms with Crippen LogP contribution in [0.1, 0.15) is 24.5 Å². The van der Waals surface area contributed by atoms with Gasteiger partial charge in [-0.2, -0.15) is 0 Å². The zero-order valence-corrected chi connectivity index (χ0v) is 12.8. The van der Waals surface area contributed by atoms with Crippen molar-refractivity contribution in [1.82, 2.24) is 9.80 Å². The Morgan fingerprint density at radius 2 is 1.90 bits per heavy atom. The van der Waals surface area contributed by atoms with Gasteiger partial charge in [-0.15, -0.1) is 0 Å². The molecular formula is C16H25N3O. The minimum Gasteiger partial charge on any atom is -0.322 e. The summed E-state index contributed by atoms with van der Waals surface area (Å²) in [6.07, 6.45) is 1.18. The Hall–Kier alpha value is -1.55. The van der Waals surface area contributed by atoms with Gasteiger partial charge in [0.2, 0.25) is 0 Å². The van der Waals surface area contributed by atoms with E-state index in [-0.39, 0.29) is 6.03 Å². The summed E-state index contributed by atoms with van der Waals surface area (Å²) in [7, 11) is 0. The van der Waals surface area contributed by atoms with Gasteiger partial charge in [0.15, 0.2) is 0 Å². The molecule has 4 nitrogen and oxygen atoms in total. The quantitative estimate of drug-likeness (QED) is 0.920. The zero-order valence-electron chi connectivity index (χ0n) is 12.8. The van der Waals surface area contributed by atoms with Crippen LogP contribution in [0.25, 0.3) is 0 Å². The van der Waals surface area contributed by atoms with E-state index in [0.29, 0.717) is 0 Å². The van der Waals surface area contributed by atoms with Crippen LogP contribution in [0.15, 0.2) is 18.2 Å². The van der Waals surface area contributed by atoms with E-state index in [0.717, 1.165) is 44.0 Å². The topological polar surface area (TPSA) is 35.6 Å². The molecule has 1 saturated heterocycles. The van der Waals surface area contributed by atoms with Crippen molar-refractivity contribution in [3.05, 3.63) is 29.3 Å². The molecule has 0 atom stereocenters. The third-order valence-corrected chi connectivity index (χ3v) is 4.05. The molecule has 0 aliphatic carbocycles. The van der Waals surface area contributed by atoms with Gasteiger partial charge in [0, 0.05) is 31.9 Å². The number of hydrogen-bond donors (Lipinski definition) is 1. The van der Waals surface area contributed by atoms with Gasteiger partial charge in [-0.25, -0.2) is 4.79 Å². The fraction of sp³-hybridized carbons (Fsp3) is 0.562. The van der Waals surface area contributed by atoms with Gasteiger partial charge in [-0.05, 0) is 44.0 Å². The minimum absolute atomic E-state index is 0.0230. The molecule has 0 radical (unpaired) electrons. The maximum absolute atomic E-state index is 12.3. The van der Waals surface area contributed by atoms with E-state index in [1.807, 2.05) is 24.0 Å². The summed E-state index contributed by atoms with van der Waals surface area (Å²) in [5.74, 6) is 0. The number of piperazine rings is 1. The Kier molecular flexibility index (Phi) is 5.01. The highest BCUT2D eigenvalue weighted by atomic mass is 16.2. The number of carbonyl (C=O) groups is 1. The molecule has 0 spiro atoms. The van der Waals surface area contributed by atoms with Crippen LogP contribution in [-0.4, -0.2) is 48.6 Å². The lowest BCUT2D eigenvalue weighted by Gasteiger charge is -2.34. The number of carbonyl (C=O) groups excluding carboxylic acids is 1.